The highest BCUT2D eigenvalue weighted by molar-refractivity contribution is 7.34. The maximum absolute atomic E-state index is 2.67. The van der Waals surface area contributed by atoms with E-state index >= 15 is 0 Å². The van der Waals surface area contributed by atoms with Gasteiger partial charge in [0.1, 0.15) is 0 Å². The summed E-state index contributed by atoms with van der Waals surface area (Å²) < 4.78 is 3.86. The van der Waals surface area contributed by atoms with Crippen molar-refractivity contribution in [2.24, 2.45) is 0 Å². The average Bonchev–Trinajstić information content (AvgIpc) is 1.15. The van der Waals surface area contributed by atoms with E-state index < -0.39 is 0 Å². The first-order valence-electron chi connectivity index (χ1n) is 31.5. The van der Waals surface area contributed by atoms with E-state index in [0.717, 1.165) is 91.0 Å². The largest absolute Gasteiger partial charge is 0.311 e. The lowest BCUT2D eigenvalue weighted by Crippen LogP contribution is -2.64. The molecule has 0 unspecified atom stereocenters. The Labute approximate surface area is 543 Å². The van der Waals surface area contributed by atoms with Crippen LogP contribution in [0.2, 0.25) is 0 Å². The molecular formula is C82H54B2N6S2. The topological polar surface area (TPSA) is 19.4 Å². The smallest absolute Gasteiger partial charge is 0.264 e. The van der Waals surface area contributed by atoms with Crippen LogP contribution >= 0.6 is 22.7 Å². The summed E-state index contributed by atoms with van der Waals surface area (Å²) in [4.78, 5) is 15.2. The zero-order valence-corrected chi connectivity index (χ0v) is 51.5. The van der Waals surface area contributed by atoms with Crippen molar-refractivity contribution in [2.45, 2.75) is 0 Å². The van der Waals surface area contributed by atoms with Crippen LogP contribution in [0.15, 0.2) is 328 Å². The van der Waals surface area contributed by atoms with Crippen molar-refractivity contribution in [3.8, 4) is 0 Å². The highest BCUT2D eigenvalue weighted by Crippen LogP contribution is 2.54. The van der Waals surface area contributed by atoms with Gasteiger partial charge in [-0.15, -0.1) is 22.7 Å². The molecule has 0 aliphatic carbocycles. The Hall–Kier alpha value is -11.3. The SMILES string of the molecule is c1ccc(N(c2ccccc2)c2cc3c4c(c2)N(c2ccccc2)c2sc5ccccc5c2B4c2cc4c(cc2N3c2ccccc2)N(c2ccccc2)c2cc(N(c3ccccc3)c3ccccc3)cc3c2B4c2sc4ccccc4c2N3c2ccccc2)cc1. The van der Waals surface area contributed by atoms with Crippen molar-refractivity contribution >= 4 is 190 Å². The molecule has 4 aliphatic rings. The number of benzene rings is 13. The van der Waals surface area contributed by atoms with E-state index in [1.165, 1.54) is 63.0 Å². The lowest BCUT2D eigenvalue weighted by Gasteiger charge is -2.47. The molecule has 0 radical (unpaired) electrons. The van der Waals surface area contributed by atoms with Crippen LogP contribution in [0.25, 0.3) is 20.2 Å². The second-order valence-electron chi connectivity index (χ2n) is 24.0. The average molecular weight is 1210 g/mol. The molecule has 0 saturated heterocycles. The molecule has 6 heterocycles. The zero-order valence-electron chi connectivity index (χ0n) is 49.8. The number of thiophene rings is 2. The fraction of sp³-hybridized carbons (Fsp3) is 0. The van der Waals surface area contributed by atoms with Gasteiger partial charge in [0.2, 0.25) is 0 Å². The van der Waals surface area contributed by atoms with E-state index in [2.05, 4.69) is 357 Å². The molecule has 0 bridgehead atoms. The van der Waals surface area contributed by atoms with Crippen LogP contribution in [-0.2, 0) is 0 Å². The van der Waals surface area contributed by atoms with E-state index in [9.17, 15) is 0 Å². The van der Waals surface area contributed by atoms with Gasteiger partial charge in [-0.05, 0) is 172 Å². The summed E-state index contributed by atoms with van der Waals surface area (Å²) in [5, 5.41) is 3.76. The van der Waals surface area contributed by atoms with Crippen molar-refractivity contribution in [3.05, 3.63) is 328 Å². The van der Waals surface area contributed by atoms with Crippen molar-refractivity contribution in [2.75, 3.05) is 29.4 Å². The maximum Gasteiger partial charge on any atom is 0.264 e. The molecular weight excluding hydrogens is 1150 g/mol. The zero-order chi connectivity index (χ0) is 60.4. The van der Waals surface area contributed by atoms with Gasteiger partial charge in [0.15, 0.2) is 0 Å². The summed E-state index contributed by atoms with van der Waals surface area (Å²) in [6.45, 7) is -0.335. The molecule has 92 heavy (non-hydrogen) atoms. The highest BCUT2D eigenvalue weighted by Gasteiger charge is 2.50. The first-order valence-corrected chi connectivity index (χ1v) is 33.1. The van der Waals surface area contributed by atoms with Crippen LogP contribution in [0.5, 0.6) is 0 Å². The van der Waals surface area contributed by atoms with Gasteiger partial charge in [0.25, 0.3) is 13.4 Å². The number of fused-ring (bicyclic) bond motifs is 12. The van der Waals surface area contributed by atoms with Gasteiger partial charge >= 0.3 is 0 Å². The van der Waals surface area contributed by atoms with E-state index in [4.69, 9.17) is 0 Å². The number of hydrogen-bond acceptors (Lipinski definition) is 8. The molecule has 19 rings (SSSR count). The van der Waals surface area contributed by atoms with Crippen molar-refractivity contribution < 1.29 is 0 Å². The molecule has 13 aromatic carbocycles. The van der Waals surface area contributed by atoms with Crippen LogP contribution < -0.4 is 61.5 Å². The molecule has 2 aromatic heterocycles. The lowest BCUT2D eigenvalue weighted by atomic mass is 9.31. The first kappa shape index (κ1) is 52.6. The molecule has 10 heteroatoms. The number of anilines is 18. The van der Waals surface area contributed by atoms with Gasteiger partial charge in [-0.25, -0.2) is 0 Å². The minimum absolute atomic E-state index is 0.162. The minimum atomic E-state index is -0.174. The molecule has 6 nitrogen and oxygen atoms in total. The summed E-state index contributed by atoms with van der Waals surface area (Å²) in [5.74, 6) is 0. The number of rotatable bonds is 10. The van der Waals surface area contributed by atoms with Crippen molar-refractivity contribution in [1.82, 2.24) is 0 Å². The second-order valence-corrected chi connectivity index (χ2v) is 26.1. The third-order valence-corrected chi connectivity index (χ3v) is 21.3. The molecule has 4 aliphatic heterocycles. The Morgan fingerprint density at radius 2 is 0.587 bits per heavy atom. The summed E-state index contributed by atoms with van der Waals surface area (Å²) in [5.41, 5.74) is 25.4. The fourth-order valence-electron chi connectivity index (χ4n) is 15.2. The van der Waals surface area contributed by atoms with Crippen LogP contribution in [0.3, 0.4) is 0 Å². The van der Waals surface area contributed by atoms with Crippen LogP contribution in [-0.4, -0.2) is 13.4 Å². The summed E-state index contributed by atoms with van der Waals surface area (Å²) >= 11 is 3.85. The Morgan fingerprint density at radius 1 is 0.250 bits per heavy atom. The van der Waals surface area contributed by atoms with Gasteiger partial charge in [-0.1, -0.05) is 188 Å². The quantitative estimate of drug-likeness (QED) is 0.126. The predicted octanol–water partition coefficient (Wildman–Crippen LogP) is 19.2. The molecule has 0 N–H and O–H groups in total. The van der Waals surface area contributed by atoms with Crippen molar-refractivity contribution in [3.63, 3.8) is 0 Å². The van der Waals surface area contributed by atoms with Gasteiger partial charge in [-0.3, -0.25) is 0 Å². The third-order valence-electron chi connectivity index (χ3n) is 18.9. The van der Waals surface area contributed by atoms with E-state index in [-0.39, 0.29) is 13.4 Å². The first-order chi connectivity index (χ1) is 45.7. The lowest BCUT2D eigenvalue weighted by molar-refractivity contribution is 1.22. The number of hydrogen-bond donors (Lipinski definition) is 0. The number of para-hydroxylation sites is 8. The van der Waals surface area contributed by atoms with Gasteiger partial charge in [-0.2, -0.15) is 0 Å². The van der Waals surface area contributed by atoms with Gasteiger partial charge in [0, 0.05) is 99.2 Å². The molecule has 0 spiro atoms. The Kier molecular flexibility index (Phi) is 12.1. The summed E-state index contributed by atoms with van der Waals surface area (Å²) in [6, 6.07) is 121. The summed E-state index contributed by atoms with van der Waals surface area (Å²) in [7, 11) is 0. The Balaban J connectivity index is 0.962. The maximum atomic E-state index is 2.67. The van der Waals surface area contributed by atoms with Crippen LogP contribution in [0, 0.1) is 0 Å². The Morgan fingerprint density at radius 3 is 1.04 bits per heavy atom. The molecule has 15 aromatic rings. The fourth-order valence-corrected chi connectivity index (χ4v) is 17.8. The molecule has 430 valence electrons. The van der Waals surface area contributed by atoms with Gasteiger partial charge < -0.3 is 29.4 Å². The molecule has 0 fully saturated rings. The number of nitrogens with zero attached hydrogens (tertiary/aromatic N) is 6. The van der Waals surface area contributed by atoms with Crippen LogP contribution in [0.1, 0.15) is 0 Å². The van der Waals surface area contributed by atoms with Crippen LogP contribution in [0.4, 0.5) is 102 Å². The van der Waals surface area contributed by atoms with E-state index in [0.29, 0.717) is 0 Å². The Bertz CT molecular complexity index is 5250. The minimum Gasteiger partial charge on any atom is -0.311 e. The van der Waals surface area contributed by atoms with E-state index in [1.807, 2.05) is 22.7 Å². The molecule has 0 atom stereocenters. The molecule has 0 amide bonds. The summed E-state index contributed by atoms with van der Waals surface area (Å²) in [6.07, 6.45) is 0. The van der Waals surface area contributed by atoms with E-state index in [1.54, 1.807) is 0 Å². The normalized spacial score (nSPS) is 13.1. The monoisotopic (exact) mass is 1210 g/mol. The predicted molar refractivity (Wildman–Crippen MR) is 395 cm³/mol. The standard InChI is InChI=1S/C82H54B2N6S2/c1-9-29-55(30-10-1)85(56-31-11-2-12-32-56)63-50-72-79-73(51-63)89(61-41-21-7-22-42-61)80-66-46-26-28-48-76(66)91-81(80)84(79)68-53-67-69(54-70(68)88(72)60-39-19-6-20-40-60)87(59-37-17-5-18-38-59)71-49-64(86(57-33-13-3-14-34-57)58-35-15-4-16-36-58)52-74-78(71)83(67)77-65-45-25-27-47-75(65)92-82(77)90(74)62-43-23-8-24-44-62/h1-54H. The highest BCUT2D eigenvalue weighted by atomic mass is 32.1. The van der Waals surface area contributed by atoms with Crippen molar-refractivity contribution in [1.29, 1.82) is 0 Å². The van der Waals surface area contributed by atoms with Gasteiger partial charge in [0.05, 0.1) is 22.1 Å². The molecule has 0 saturated carbocycles. The second kappa shape index (κ2) is 21.2. The third kappa shape index (κ3) is 8.07.